The molecule has 0 aliphatic carbocycles. The summed E-state index contributed by atoms with van der Waals surface area (Å²) in [4.78, 5) is 0.746. The topological polar surface area (TPSA) is 9.23 Å². The van der Waals surface area contributed by atoms with Crippen LogP contribution in [0, 0.1) is 0 Å². The van der Waals surface area contributed by atoms with E-state index in [0.717, 1.165) is 11.6 Å². The van der Waals surface area contributed by atoms with E-state index in [1.807, 2.05) is 0 Å². The highest BCUT2D eigenvalue weighted by atomic mass is 27.1. The number of hydrogen-bond acceptors (Lipinski definition) is 1. The molecular formula is C9H19AlO. The molecule has 0 bridgehead atoms. The zero-order chi connectivity index (χ0) is 7.94. The maximum Gasteiger partial charge on any atom is 0.282 e. The summed E-state index contributed by atoms with van der Waals surface area (Å²) in [6.07, 6.45) is 6.89. The number of ether oxygens (including phenoxy) is 1. The van der Waals surface area contributed by atoms with E-state index in [-0.39, 0.29) is 15.2 Å². The van der Waals surface area contributed by atoms with Crippen molar-refractivity contribution in [3.05, 3.63) is 0 Å². The third kappa shape index (κ3) is 4.16. The maximum atomic E-state index is 5.69. The highest BCUT2D eigenvalue weighted by Gasteiger charge is 2.14. The average molecular weight is 170 g/mol. The van der Waals surface area contributed by atoms with Gasteiger partial charge in [0.25, 0.3) is 15.2 Å². The molecule has 1 nitrogen and oxygen atoms in total. The summed E-state index contributed by atoms with van der Waals surface area (Å²) in [5.74, 6) is 0. The van der Waals surface area contributed by atoms with Gasteiger partial charge in [0.15, 0.2) is 0 Å². The van der Waals surface area contributed by atoms with E-state index in [9.17, 15) is 0 Å². The van der Waals surface area contributed by atoms with E-state index >= 15 is 0 Å². The molecule has 2 heteroatoms. The van der Waals surface area contributed by atoms with Crippen molar-refractivity contribution in [1.29, 1.82) is 0 Å². The second kappa shape index (κ2) is 6.06. The Morgan fingerprint density at radius 2 is 2.36 bits per heavy atom. The zero-order valence-electron chi connectivity index (χ0n) is 7.64. The number of rotatable bonds is 4. The molecule has 0 saturated carbocycles. The molecule has 1 atom stereocenters. The Morgan fingerprint density at radius 3 is 3.00 bits per heavy atom. The van der Waals surface area contributed by atoms with Gasteiger partial charge in [0.1, 0.15) is 0 Å². The predicted octanol–water partition coefficient (Wildman–Crippen LogP) is 2.17. The van der Waals surface area contributed by atoms with Gasteiger partial charge in [0.2, 0.25) is 0 Å². The largest absolute Gasteiger partial charge is 0.394 e. The summed E-state index contributed by atoms with van der Waals surface area (Å²) in [5, 5.41) is 1.50. The SMILES string of the molecule is CCC[CH2][AlH][CH]1CCCCO1. The van der Waals surface area contributed by atoms with Gasteiger partial charge in [-0.05, 0) is 19.3 Å². The third-order valence-corrected chi connectivity index (χ3v) is 4.60. The van der Waals surface area contributed by atoms with E-state index in [4.69, 9.17) is 4.74 Å². The smallest absolute Gasteiger partial charge is 0.282 e. The second-order valence-corrected chi connectivity index (χ2v) is 5.68. The summed E-state index contributed by atoms with van der Waals surface area (Å²) < 4.78 is 5.69. The van der Waals surface area contributed by atoms with E-state index in [2.05, 4.69) is 6.92 Å². The van der Waals surface area contributed by atoms with Crippen LogP contribution >= 0.6 is 0 Å². The Labute approximate surface area is 76.2 Å². The van der Waals surface area contributed by atoms with Crippen molar-refractivity contribution in [2.75, 3.05) is 6.61 Å². The first kappa shape index (κ1) is 9.58. The minimum absolute atomic E-state index is 0.132. The van der Waals surface area contributed by atoms with Crippen LogP contribution < -0.4 is 0 Å². The molecule has 11 heavy (non-hydrogen) atoms. The standard InChI is InChI=1S/C5H9O.C4H9.Al.H/c1-2-4-6-5-3-1;1-3-4-2;;/h4H,1-3,5H2;1,3-4H2,2H3;;. The zero-order valence-corrected chi connectivity index (χ0v) is 9.06. The quantitative estimate of drug-likeness (QED) is 0.464. The highest BCUT2D eigenvalue weighted by molar-refractivity contribution is 6.37. The van der Waals surface area contributed by atoms with Crippen LogP contribution in [0.15, 0.2) is 0 Å². The van der Waals surface area contributed by atoms with Gasteiger partial charge in [-0.2, -0.15) is 0 Å². The summed E-state index contributed by atoms with van der Waals surface area (Å²) >= 11 is 0.132. The van der Waals surface area contributed by atoms with E-state index in [1.54, 1.807) is 0 Å². The molecule has 1 rings (SSSR count). The Morgan fingerprint density at radius 1 is 1.45 bits per heavy atom. The molecule has 1 aliphatic heterocycles. The van der Waals surface area contributed by atoms with Gasteiger partial charge in [-0.25, -0.2) is 0 Å². The van der Waals surface area contributed by atoms with Gasteiger partial charge < -0.3 is 4.74 Å². The first-order chi connectivity index (χ1) is 5.43. The lowest BCUT2D eigenvalue weighted by molar-refractivity contribution is 0.0649. The molecular weight excluding hydrogens is 151 g/mol. The summed E-state index contributed by atoms with van der Waals surface area (Å²) in [7, 11) is 0. The molecule has 1 aliphatic rings. The lowest BCUT2D eigenvalue weighted by atomic mass is 10.2. The minimum atomic E-state index is 0.132. The predicted molar refractivity (Wildman–Crippen MR) is 50.5 cm³/mol. The van der Waals surface area contributed by atoms with Crippen LogP contribution in [0.25, 0.3) is 0 Å². The van der Waals surface area contributed by atoms with Crippen LogP contribution in [0.1, 0.15) is 39.0 Å². The van der Waals surface area contributed by atoms with Crippen LogP contribution in [0.4, 0.5) is 0 Å². The molecule has 1 saturated heterocycles. The summed E-state index contributed by atoms with van der Waals surface area (Å²) in [6.45, 7) is 3.32. The average Bonchev–Trinajstić information content (AvgIpc) is 2.07. The monoisotopic (exact) mass is 170 g/mol. The fraction of sp³-hybridized carbons (Fsp3) is 1.00. The summed E-state index contributed by atoms with van der Waals surface area (Å²) in [5.41, 5.74) is 0. The molecule has 0 spiro atoms. The molecule has 0 amide bonds. The molecule has 0 aromatic heterocycles. The van der Waals surface area contributed by atoms with E-state index in [0.29, 0.717) is 0 Å². The molecule has 0 radical (unpaired) electrons. The number of unbranched alkanes of at least 4 members (excludes halogenated alkanes) is 1. The van der Waals surface area contributed by atoms with Crippen molar-refractivity contribution >= 4 is 15.2 Å². The minimum Gasteiger partial charge on any atom is -0.394 e. The van der Waals surface area contributed by atoms with Crippen LogP contribution in [0.2, 0.25) is 5.28 Å². The van der Waals surface area contributed by atoms with Crippen LogP contribution in [0.3, 0.4) is 0 Å². The van der Waals surface area contributed by atoms with E-state index < -0.39 is 0 Å². The van der Waals surface area contributed by atoms with Gasteiger partial charge in [-0.3, -0.25) is 0 Å². The van der Waals surface area contributed by atoms with Crippen LogP contribution in [0.5, 0.6) is 0 Å². The lowest BCUT2D eigenvalue weighted by Crippen LogP contribution is -2.25. The van der Waals surface area contributed by atoms with Gasteiger partial charge >= 0.3 is 0 Å². The van der Waals surface area contributed by atoms with E-state index in [1.165, 1.54) is 37.4 Å². The van der Waals surface area contributed by atoms with Crippen LogP contribution in [-0.2, 0) is 4.74 Å². The maximum absolute atomic E-state index is 5.69. The van der Waals surface area contributed by atoms with Crippen molar-refractivity contribution in [1.82, 2.24) is 0 Å². The third-order valence-electron chi connectivity index (χ3n) is 2.40. The Balaban J connectivity index is 1.96. The Kier molecular flexibility index (Phi) is 5.28. The second-order valence-electron chi connectivity index (χ2n) is 3.48. The lowest BCUT2D eigenvalue weighted by Gasteiger charge is -2.21. The van der Waals surface area contributed by atoms with Gasteiger partial charge in [-0.1, -0.05) is 25.0 Å². The Hall–Kier alpha value is 0.492. The molecule has 0 aromatic rings. The molecule has 0 aromatic carbocycles. The van der Waals surface area contributed by atoms with Crippen molar-refractivity contribution in [2.45, 2.75) is 49.3 Å². The first-order valence-electron chi connectivity index (χ1n) is 5.05. The number of hydrogen-bond donors (Lipinski definition) is 0. The first-order valence-corrected chi connectivity index (χ1v) is 6.86. The van der Waals surface area contributed by atoms with Crippen molar-refractivity contribution in [3.8, 4) is 0 Å². The van der Waals surface area contributed by atoms with Gasteiger partial charge in [-0.15, -0.1) is 0 Å². The Bertz CT molecular complexity index is 89.6. The molecule has 1 fully saturated rings. The molecule has 1 unspecified atom stereocenters. The fourth-order valence-electron chi connectivity index (χ4n) is 1.66. The fourth-order valence-corrected chi connectivity index (χ4v) is 3.81. The van der Waals surface area contributed by atoms with Gasteiger partial charge in [0, 0.05) is 11.6 Å². The molecule has 0 N–H and O–H groups in total. The van der Waals surface area contributed by atoms with Gasteiger partial charge in [0.05, 0.1) is 0 Å². The van der Waals surface area contributed by atoms with Crippen molar-refractivity contribution in [2.24, 2.45) is 0 Å². The molecule has 64 valence electrons. The van der Waals surface area contributed by atoms with Crippen molar-refractivity contribution < 1.29 is 4.74 Å². The van der Waals surface area contributed by atoms with Crippen molar-refractivity contribution in [3.63, 3.8) is 0 Å². The summed E-state index contributed by atoms with van der Waals surface area (Å²) in [6, 6.07) is 0. The normalized spacial score (nSPS) is 25.0. The molecule has 1 heterocycles. The highest BCUT2D eigenvalue weighted by Crippen LogP contribution is 2.13. The van der Waals surface area contributed by atoms with Crippen LogP contribution in [-0.4, -0.2) is 26.8 Å².